The topological polar surface area (TPSA) is 110 Å². The maximum Gasteiger partial charge on any atom is 0.328 e. The Kier molecular flexibility index (Phi) is 8.92. The number of anilines is 1. The zero-order valence-electron chi connectivity index (χ0n) is 20.7. The molecule has 0 atom stereocenters. The molecule has 3 N–H and O–H groups in total. The summed E-state index contributed by atoms with van der Waals surface area (Å²) in [5, 5.41) is 10.4. The van der Waals surface area contributed by atoms with Crippen LogP contribution < -0.4 is 14.8 Å². The fourth-order valence-corrected chi connectivity index (χ4v) is 6.31. The SMILES string of the molecule is C=C(S/C=C(/C)N)S(=O)(=O)N(c1cc2c(cc1OCc1ccc(/C=C/C(=O)O)cc1)CCC2)C(C)C. The minimum absolute atomic E-state index is 0.0162. The third kappa shape index (κ3) is 6.73. The van der Waals surface area contributed by atoms with E-state index in [-0.39, 0.29) is 16.9 Å². The number of thioether (sulfide) groups is 1. The number of carboxylic acid groups (broad SMARTS) is 1. The molecule has 1 aliphatic carbocycles. The lowest BCUT2D eigenvalue weighted by molar-refractivity contribution is -0.131. The number of aryl methyl sites for hydroxylation is 2. The molecule has 0 saturated heterocycles. The van der Waals surface area contributed by atoms with Crippen molar-refractivity contribution in [3.05, 3.63) is 86.6 Å². The Hall–Kier alpha value is -3.17. The van der Waals surface area contributed by atoms with Gasteiger partial charge in [-0.1, -0.05) is 42.6 Å². The van der Waals surface area contributed by atoms with Crippen molar-refractivity contribution in [1.82, 2.24) is 0 Å². The van der Waals surface area contributed by atoms with Crippen molar-refractivity contribution in [2.45, 2.75) is 52.7 Å². The number of sulfonamides is 1. The van der Waals surface area contributed by atoms with Gasteiger partial charge in [0.15, 0.2) is 0 Å². The van der Waals surface area contributed by atoms with Crippen molar-refractivity contribution in [3.8, 4) is 5.75 Å². The molecule has 0 spiro atoms. The van der Waals surface area contributed by atoms with Crippen LogP contribution >= 0.6 is 11.8 Å². The second-order valence-electron chi connectivity index (χ2n) is 8.89. The first-order valence-electron chi connectivity index (χ1n) is 11.6. The number of nitrogens with zero attached hydrogens (tertiary/aromatic N) is 1. The maximum absolute atomic E-state index is 13.6. The summed E-state index contributed by atoms with van der Waals surface area (Å²) in [6.07, 6.45) is 5.43. The lowest BCUT2D eigenvalue weighted by Gasteiger charge is -2.30. The quantitative estimate of drug-likeness (QED) is 0.375. The second-order valence-corrected chi connectivity index (χ2v) is 11.9. The number of carbonyl (C=O) groups is 1. The summed E-state index contributed by atoms with van der Waals surface area (Å²) in [6.45, 7) is 9.36. The average Bonchev–Trinajstić information content (AvgIpc) is 3.27. The number of nitrogens with two attached hydrogens (primary N) is 1. The predicted octanol–water partition coefficient (Wildman–Crippen LogP) is 5.42. The third-order valence-corrected chi connectivity index (χ3v) is 8.98. The van der Waals surface area contributed by atoms with Crippen LogP contribution in [-0.2, 0) is 34.3 Å². The van der Waals surface area contributed by atoms with Gasteiger partial charge in [-0.3, -0.25) is 4.31 Å². The highest BCUT2D eigenvalue weighted by molar-refractivity contribution is 8.20. The van der Waals surface area contributed by atoms with Gasteiger partial charge in [0.1, 0.15) is 16.6 Å². The van der Waals surface area contributed by atoms with Gasteiger partial charge in [-0.25, -0.2) is 13.2 Å². The van der Waals surface area contributed by atoms with Crippen molar-refractivity contribution in [3.63, 3.8) is 0 Å². The first-order chi connectivity index (χ1) is 17.0. The molecule has 9 heteroatoms. The average molecular weight is 529 g/mol. The number of carboxylic acids is 1. The zero-order chi connectivity index (χ0) is 26.5. The minimum Gasteiger partial charge on any atom is -0.487 e. The lowest BCUT2D eigenvalue weighted by Crippen LogP contribution is -2.37. The van der Waals surface area contributed by atoms with Gasteiger partial charge in [0.2, 0.25) is 0 Å². The van der Waals surface area contributed by atoms with Gasteiger partial charge in [0, 0.05) is 17.8 Å². The molecule has 0 bridgehead atoms. The van der Waals surface area contributed by atoms with Gasteiger partial charge in [-0.05, 0) is 85.9 Å². The summed E-state index contributed by atoms with van der Waals surface area (Å²) in [5.41, 5.74) is 10.6. The van der Waals surface area contributed by atoms with Crippen LogP contribution in [0.3, 0.4) is 0 Å². The van der Waals surface area contributed by atoms with Crippen LogP contribution in [0.2, 0.25) is 0 Å². The summed E-state index contributed by atoms with van der Waals surface area (Å²) in [7, 11) is -3.92. The van der Waals surface area contributed by atoms with Gasteiger partial charge in [-0.2, -0.15) is 0 Å². The summed E-state index contributed by atoms with van der Waals surface area (Å²) < 4.78 is 34.7. The Morgan fingerprint density at radius 3 is 2.44 bits per heavy atom. The zero-order valence-corrected chi connectivity index (χ0v) is 22.4. The molecular formula is C27H32N2O5S2. The largest absolute Gasteiger partial charge is 0.487 e. The van der Waals surface area contributed by atoms with Crippen LogP contribution in [0.4, 0.5) is 5.69 Å². The fraction of sp³-hybridized carbons (Fsp3) is 0.296. The first-order valence-corrected chi connectivity index (χ1v) is 13.9. The van der Waals surface area contributed by atoms with Gasteiger partial charge >= 0.3 is 5.97 Å². The van der Waals surface area contributed by atoms with Gasteiger partial charge < -0.3 is 15.6 Å². The lowest BCUT2D eigenvalue weighted by atomic mass is 10.1. The number of ether oxygens (including phenoxy) is 1. The monoisotopic (exact) mass is 528 g/mol. The van der Waals surface area contributed by atoms with E-state index in [1.165, 1.54) is 15.9 Å². The molecule has 0 aromatic heterocycles. The standard InChI is InChI=1S/C27H32N2O5S2/c1-18(2)29(36(32,33)20(4)35-17-19(3)28)25-14-23-6-5-7-24(23)15-26(25)34-16-22-10-8-21(9-11-22)12-13-27(30)31/h8-15,17-18H,4-7,16,28H2,1-3H3,(H,30,31)/b13-12+,19-17-. The summed E-state index contributed by atoms with van der Waals surface area (Å²) in [6, 6.07) is 10.8. The normalized spacial score (nSPS) is 13.7. The number of rotatable bonds is 11. The van der Waals surface area contributed by atoms with Gasteiger partial charge in [-0.15, -0.1) is 0 Å². The summed E-state index contributed by atoms with van der Waals surface area (Å²) in [5.74, 6) is -0.516. The Morgan fingerprint density at radius 1 is 1.22 bits per heavy atom. The van der Waals surface area contributed by atoms with Crippen LogP contribution in [0.25, 0.3) is 6.08 Å². The maximum atomic E-state index is 13.6. The molecule has 2 aromatic carbocycles. The molecule has 1 aliphatic rings. The molecule has 36 heavy (non-hydrogen) atoms. The molecule has 0 amide bonds. The third-order valence-electron chi connectivity index (χ3n) is 5.60. The Morgan fingerprint density at radius 2 is 1.86 bits per heavy atom. The van der Waals surface area contributed by atoms with Crippen LogP contribution in [-0.4, -0.2) is 25.5 Å². The summed E-state index contributed by atoms with van der Waals surface area (Å²) in [4.78, 5) is 10.7. The number of aliphatic carboxylic acids is 1. The van der Waals surface area contributed by atoms with Crippen LogP contribution in [0.1, 0.15) is 49.4 Å². The van der Waals surface area contributed by atoms with E-state index >= 15 is 0 Å². The molecule has 0 saturated carbocycles. The molecule has 0 heterocycles. The van der Waals surface area contributed by atoms with E-state index in [1.54, 1.807) is 24.5 Å². The minimum atomic E-state index is -3.92. The molecule has 0 unspecified atom stereocenters. The summed E-state index contributed by atoms with van der Waals surface area (Å²) >= 11 is 0.986. The van der Waals surface area contributed by atoms with Crippen LogP contribution in [0.15, 0.2) is 64.4 Å². The van der Waals surface area contributed by atoms with E-state index in [0.29, 0.717) is 17.1 Å². The molecule has 7 nitrogen and oxygen atoms in total. The van der Waals surface area contributed by atoms with Crippen molar-refractivity contribution in [2.75, 3.05) is 4.31 Å². The van der Waals surface area contributed by atoms with Gasteiger partial charge in [0.05, 0.1) is 5.69 Å². The van der Waals surface area contributed by atoms with E-state index in [0.717, 1.165) is 53.8 Å². The first kappa shape index (κ1) is 27.4. The van der Waals surface area contributed by atoms with E-state index in [9.17, 15) is 13.2 Å². The predicted molar refractivity (Wildman–Crippen MR) is 147 cm³/mol. The highest BCUT2D eigenvalue weighted by atomic mass is 32.3. The number of hydrogen-bond donors (Lipinski definition) is 2. The molecule has 0 fully saturated rings. The molecule has 3 rings (SSSR count). The fourth-order valence-electron chi connectivity index (χ4n) is 3.94. The van der Waals surface area contributed by atoms with E-state index in [2.05, 4.69) is 6.58 Å². The Bertz CT molecular complexity index is 1290. The van der Waals surface area contributed by atoms with Crippen LogP contribution in [0.5, 0.6) is 5.75 Å². The number of benzene rings is 2. The van der Waals surface area contributed by atoms with Crippen molar-refractivity contribution in [2.24, 2.45) is 5.73 Å². The molecule has 2 aromatic rings. The van der Waals surface area contributed by atoms with Crippen molar-refractivity contribution in [1.29, 1.82) is 0 Å². The highest BCUT2D eigenvalue weighted by Crippen LogP contribution is 2.40. The highest BCUT2D eigenvalue weighted by Gasteiger charge is 2.32. The molecule has 0 aliphatic heterocycles. The molecule has 0 radical (unpaired) electrons. The Balaban J connectivity index is 1.94. The molecule has 192 valence electrons. The molecular weight excluding hydrogens is 496 g/mol. The van der Waals surface area contributed by atoms with E-state index < -0.39 is 16.0 Å². The van der Waals surface area contributed by atoms with E-state index in [4.69, 9.17) is 15.6 Å². The second kappa shape index (κ2) is 11.7. The number of fused-ring (bicyclic) bond motifs is 1. The van der Waals surface area contributed by atoms with Crippen molar-refractivity contribution < 1.29 is 23.1 Å². The van der Waals surface area contributed by atoms with E-state index in [1.807, 2.05) is 38.1 Å². The van der Waals surface area contributed by atoms with Crippen molar-refractivity contribution >= 4 is 39.5 Å². The Labute approximate surface area is 217 Å². The number of hydrogen-bond acceptors (Lipinski definition) is 6. The number of allylic oxidation sites excluding steroid dienone is 1. The smallest absolute Gasteiger partial charge is 0.328 e. The van der Waals surface area contributed by atoms with Crippen LogP contribution in [0, 0.1) is 0 Å². The van der Waals surface area contributed by atoms with Gasteiger partial charge in [0.25, 0.3) is 10.0 Å².